The number of hydrogen-bond acceptors (Lipinski definition) is 4. The third-order valence-corrected chi connectivity index (χ3v) is 3.78. The number of rotatable bonds is 6. The highest BCUT2D eigenvalue weighted by molar-refractivity contribution is 5.47. The van der Waals surface area contributed by atoms with Gasteiger partial charge in [0.2, 0.25) is 0 Å². The standard InChI is InChI=1S/C16H26N2O2/c1-3-20-16-7-6-15(17)9-14(16)11-18-8-4-5-13(10-18)12-19-2/h6-7,9,13H,3-5,8,10-12,17H2,1-2H3. The molecule has 1 aliphatic rings. The van der Waals surface area contributed by atoms with Crippen LogP contribution >= 0.6 is 0 Å². The molecule has 1 unspecified atom stereocenters. The van der Waals surface area contributed by atoms with Gasteiger partial charge in [-0.2, -0.15) is 0 Å². The Morgan fingerprint density at radius 2 is 2.25 bits per heavy atom. The lowest BCUT2D eigenvalue weighted by Gasteiger charge is -2.32. The first-order valence-electron chi connectivity index (χ1n) is 7.45. The highest BCUT2D eigenvalue weighted by atomic mass is 16.5. The molecule has 0 amide bonds. The van der Waals surface area contributed by atoms with Gasteiger partial charge in [0.1, 0.15) is 5.75 Å². The average Bonchev–Trinajstić information content (AvgIpc) is 2.43. The highest BCUT2D eigenvalue weighted by Gasteiger charge is 2.20. The van der Waals surface area contributed by atoms with Crippen molar-refractivity contribution in [3.63, 3.8) is 0 Å². The zero-order valence-electron chi connectivity index (χ0n) is 12.6. The van der Waals surface area contributed by atoms with Crippen LogP contribution < -0.4 is 10.5 Å². The number of benzene rings is 1. The minimum absolute atomic E-state index is 0.644. The Kier molecular flexibility index (Phi) is 5.68. The van der Waals surface area contributed by atoms with E-state index < -0.39 is 0 Å². The van der Waals surface area contributed by atoms with Gasteiger partial charge in [0.15, 0.2) is 0 Å². The van der Waals surface area contributed by atoms with Gasteiger partial charge in [0.05, 0.1) is 13.2 Å². The third kappa shape index (κ3) is 4.12. The number of nitrogens with two attached hydrogens (primary N) is 1. The third-order valence-electron chi connectivity index (χ3n) is 3.78. The van der Waals surface area contributed by atoms with Crippen LogP contribution in [0.3, 0.4) is 0 Å². The molecule has 1 saturated heterocycles. The molecule has 1 aromatic carbocycles. The van der Waals surface area contributed by atoms with Crippen LogP contribution in [0.1, 0.15) is 25.3 Å². The summed E-state index contributed by atoms with van der Waals surface area (Å²) in [7, 11) is 1.78. The molecule has 112 valence electrons. The first kappa shape index (κ1) is 15.1. The molecule has 4 nitrogen and oxygen atoms in total. The molecule has 2 N–H and O–H groups in total. The van der Waals surface area contributed by atoms with Crippen molar-refractivity contribution < 1.29 is 9.47 Å². The van der Waals surface area contributed by atoms with Crippen LogP contribution in [0.2, 0.25) is 0 Å². The number of methoxy groups -OCH3 is 1. The number of nitrogens with zero attached hydrogens (tertiary/aromatic N) is 1. The van der Waals surface area contributed by atoms with Gasteiger partial charge in [-0.3, -0.25) is 4.90 Å². The predicted molar refractivity (Wildman–Crippen MR) is 81.9 cm³/mol. The molecule has 0 aromatic heterocycles. The Bertz CT molecular complexity index is 421. The molecule has 1 fully saturated rings. The van der Waals surface area contributed by atoms with Crippen LogP contribution in [-0.2, 0) is 11.3 Å². The monoisotopic (exact) mass is 278 g/mol. The van der Waals surface area contributed by atoms with E-state index in [1.807, 2.05) is 25.1 Å². The Hall–Kier alpha value is -1.26. The summed E-state index contributed by atoms with van der Waals surface area (Å²) in [5, 5.41) is 0. The van der Waals surface area contributed by atoms with Crippen molar-refractivity contribution in [1.29, 1.82) is 0 Å². The maximum Gasteiger partial charge on any atom is 0.123 e. The molecule has 0 spiro atoms. The number of nitrogen functional groups attached to an aromatic ring is 1. The molecule has 0 aliphatic carbocycles. The Morgan fingerprint density at radius 1 is 1.40 bits per heavy atom. The molecule has 1 aliphatic heterocycles. The summed E-state index contributed by atoms with van der Waals surface area (Å²) in [5.41, 5.74) is 7.89. The molecular weight excluding hydrogens is 252 g/mol. The van der Waals surface area contributed by atoms with Crippen LogP contribution in [0.5, 0.6) is 5.75 Å². The topological polar surface area (TPSA) is 47.7 Å². The summed E-state index contributed by atoms with van der Waals surface area (Å²) in [6.45, 7) is 6.68. The number of hydrogen-bond donors (Lipinski definition) is 1. The Balaban J connectivity index is 2.02. The molecular formula is C16H26N2O2. The van der Waals surface area contributed by atoms with E-state index >= 15 is 0 Å². The van der Waals surface area contributed by atoms with Crippen molar-refractivity contribution in [3.8, 4) is 5.75 Å². The SMILES string of the molecule is CCOc1ccc(N)cc1CN1CCCC(COC)C1. The van der Waals surface area contributed by atoms with E-state index in [1.165, 1.54) is 18.4 Å². The van der Waals surface area contributed by atoms with E-state index in [0.29, 0.717) is 12.5 Å². The maximum absolute atomic E-state index is 5.91. The molecule has 0 radical (unpaired) electrons. The van der Waals surface area contributed by atoms with Crippen molar-refractivity contribution in [3.05, 3.63) is 23.8 Å². The fourth-order valence-electron chi connectivity index (χ4n) is 2.93. The van der Waals surface area contributed by atoms with Crippen LogP contribution in [-0.4, -0.2) is 38.3 Å². The Labute approximate surface area is 121 Å². The molecule has 1 heterocycles. The molecule has 0 bridgehead atoms. The smallest absolute Gasteiger partial charge is 0.123 e. The van der Waals surface area contributed by atoms with Crippen LogP contribution in [0.15, 0.2) is 18.2 Å². The minimum Gasteiger partial charge on any atom is -0.494 e. The van der Waals surface area contributed by atoms with Crippen LogP contribution in [0.4, 0.5) is 5.69 Å². The summed E-state index contributed by atoms with van der Waals surface area (Å²) in [6, 6.07) is 5.91. The van der Waals surface area contributed by atoms with Gasteiger partial charge in [-0.15, -0.1) is 0 Å². The van der Waals surface area contributed by atoms with Crippen molar-refractivity contribution in [2.75, 3.05) is 39.1 Å². The fourth-order valence-corrected chi connectivity index (χ4v) is 2.93. The number of ether oxygens (including phenoxy) is 2. The molecule has 20 heavy (non-hydrogen) atoms. The van der Waals surface area contributed by atoms with E-state index in [0.717, 1.165) is 37.7 Å². The first-order valence-corrected chi connectivity index (χ1v) is 7.45. The van der Waals surface area contributed by atoms with Gasteiger partial charge in [0.25, 0.3) is 0 Å². The molecule has 2 rings (SSSR count). The molecule has 1 atom stereocenters. The lowest BCUT2D eigenvalue weighted by atomic mass is 9.98. The lowest BCUT2D eigenvalue weighted by Crippen LogP contribution is -2.36. The maximum atomic E-state index is 5.91. The average molecular weight is 278 g/mol. The second-order valence-electron chi connectivity index (χ2n) is 5.50. The molecule has 1 aromatic rings. The van der Waals surface area contributed by atoms with Crippen LogP contribution in [0, 0.1) is 5.92 Å². The van der Waals surface area contributed by atoms with Gasteiger partial charge in [-0.25, -0.2) is 0 Å². The Morgan fingerprint density at radius 3 is 3.00 bits per heavy atom. The summed E-state index contributed by atoms with van der Waals surface area (Å²) in [6.07, 6.45) is 2.50. The molecule has 4 heteroatoms. The molecule has 0 saturated carbocycles. The summed E-state index contributed by atoms with van der Waals surface area (Å²) >= 11 is 0. The highest BCUT2D eigenvalue weighted by Crippen LogP contribution is 2.25. The number of likely N-dealkylation sites (tertiary alicyclic amines) is 1. The first-order chi connectivity index (χ1) is 9.72. The second kappa shape index (κ2) is 7.50. The summed E-state index contributed by atoms with van der Waals surface area (Å²) < 4.78 is 11.0. The van der Waals surface area contributed by atoms with Crippen molar-refractivity contribution >= 4 is 5.69 Å². The normalized spacial score (nSPS) is 20.0. The van der Waals surface area contributed by atoms with E-state index in [4.69, 9.17) is 15.2 Å². The fraction of sp³-hybridized carbons (Fsp3) is 0.625. The van der Waals surface area contributed by atoms with E-state index in [2.05, 4.69) is 4.90 Å². The lowest BCUT2D eigenvalue weighted by molar-refractivity contribution is 0.0869. The van der Waals surface area contributed by atoms with E-state index in [1.54, 1.807) is 7.11 Å². The van der Waals surface area contributed by atoms with Crippen LogP contribution in [0.25, 0.3) is 0 Å². The summed E-state index contributed by atoms with van der Waals surface area (Å²) in [5.74, 6) is 1.60. The minimum atomic E-state index is 0.644. The predicted octanol–water partition coefficient (Wildman–Crippen LogP) is 2.53. The van der Waals surface area contributed by atoms with Gasteiger partial charge in [0, 0.05) is 31.5 Å². The van der Waals surface area contributed by atoms with E-state index in [-0.39, 0.29) is 0 Å². The van der Waals surface area contributed by atoms with Gasteiger partial charge in [-0.1, -0.05) is 0 Å². The van der Waals surface area contributed by atoms with Gasteiger partial charge >= 0.3 is 0 Å². The van der Waals surface area contributed by atoms with Crippen molar-refractivity contribution in [1.82, 2.24) is 4.90 Å². The van der Waals surface area contributed by atoms with Gasteiger partial charge in [-0.05, 0) is 50.4 Å². The zero-order chi connectivity index (χ0) is 14.4. The second-order valence-corrected chi connectivity index (χ2v) is 5.50. The van der Waals surface area contributed by atoms with Crippen molar-refractivity contribution in [2.24, 2.45) is 5.92 Å². The largest absolute Gasteiger partial charge is 0.494 e. The summed E-state index contributed by atoms with van der Waals surface area (Å²) in [4.78, 5) is 2.48. The quantitative estimate of drug-likeness (QED) is 0.812. The number of anilines is 1. The number of piperidine rings is 1. The zero-order valence-corrected chi connectivity index (χ0v) is 12.6. The van der Waals surface area contributed by atoms with Crippen molar-refractivity contribution in [2.45, 2.75) is 26.3 Å². The van der Waals surface area contributed by atoms with Gasteiger partial charge < -0.3 is 15.2 Å². The van der Waals surface area contributed by atoms with E-state index in [9.17, 15) is 0 Å².